The van der Waals surface area contributed by atoms with Crippen LogP contribution in [-0.4, -0.2) is 67.0 Å². The maximum atomic E-state index is 11.5. The monoisotopic (exact) mass is 555 g/mol. The molecule has 2 aromatic rings. The van der Waals surface area contributed by atoms with E-state index in [0.717, 1.165) is 29.2 Å². The molecule has 0 aliphatic carbocycles. The Morgan fingerprint density at radius 3 is 2.35 bits per heavy atom. The van der Waals surface area contributed by atoms with Crippen LogP contribution in [0.5, 0.6) is 0 Å². The lowest BCUT2D eigenvalue weighted by Gasteiger charge is -2.11. The number of nitrogens with zero attached hydrogens (tertiary/aromatic N) is 3. The first kappa shape index (κ1) is 33.8. The zero-order chi connectivity index (χ0) is 27.1. The minimum absolute atomic E-state index is 0. The van der Waals surface area contributed by atoms with Crippen LogP contribution in [0, 0.1) is 13.8 Å². The molecule has 2 N–H and O–H groups in total. The fourth-order valence-electron chi connectivity index (χ4n) is 2.63. The molecule has 3 amide bonds. The average molecular weight is 556 g/mol. The Labute approximate surface area is 228 Å². The normalized spacial score (nSPS) is 10.0. The van der Waals surface area contributed by atoms with Crippen LogP contribution in [-0.2, 0) is 20.7 Å². The lowest BCUT2D eigenvalue weighted by Crippen LogP contribution is -2.31. The summed E-state index contributed by atoms with van der Waals surface area (Å²) >= 11 is 6.60. The van der Waals surface area contributed by atoms with Gasteiger partial charge in [0.05, 0.1) is 30.2 Å². The largest absolute Gasteiger partial charge is 0.450 e. The second-order valence-electron chi connectivity index (χ2n) is 7.43. The van der Waals surface area contributed by atoms with Gasteiger partial charge < -0.3 is 14.4 Å². The molecular formula is C25H38ClN5O5S. The van der Waals surface area contributed by atoms with Gasteiger partial charge in [-0.2, -0.15) is 0 Å². The lowest BCUT2D eigenvalue weighted by atomic mass is 10.0. The third-order valence-electron chi connectivity index (χ3n) is 4.58. The molecule has 0 saturated heterocycles. The Balaban J connectivity index is 0.00000100. The maximum absolute atomic E-state index is 11.5. The molecule has 0 bridgehead atoms. The lowest BCUT2D eigenvalue weighted by molar-refractivity contribution is -0.118. The van der Waals surface area contributed by atoms with E-state index in [0.29, 0.717) is 12.4 Å². The average Bonchev–Trinajstić information content (AvgIpc) is 3.27. The van der Waals surface area contributed by atoms with Crippen molar-refractivity contribution < 1.29 is 23.9 Å². The number of aryl methyl sites for hydroxylation is 2. The molecule has 0 aliphatic heterocycles. The number of alkyl carbamates (subject to hydrolysis) is 1. The number of ether oxygens (including phenoxy) is 2. The molecule has 1 aromatic carbocycles. The zero-order valence-electron chi connectivity index (χ0n) is 21.5. The fraction of sp³-hybridized carbons (Fsp3) is 0.480. The number of halogens is 1. The van der Waals surface area contributed by atoms with Gasteiger partial charge >= 0.3 is 12.2 Å². The van der Waals surface area contributed by atoms with Crippen LogP contribution in [0.2, 0.25) is 0 Å². The summed E-state index contributed by atoms with van der Waals surface area (Å²) < 4.78 is 9.25. The van der Waals surface area contributed by atoms with Crippen molar-refractivity contribution in [1.82, 2.24) is 15.2 Å². The number of carbonyl (C=O) groups excluding carboxylic acids is 3. The molecule has 0 radical (unpaired) electrons. The molecule has 0 spiro atoms. The molecule has 37 heavy (non-hydrogen) atoms. The number of aliphatic imine (C=N–C) groups is 1. The van der Waals surface area contributed by atoms with Crippen molar-refractivity contribution in [3.8, 4) is 0 Å². The Bertz CT molecular complexity index is 1040. The summed E-state index contributed by atoms with van der Waals surface area (Å²) in [7, 11) is 2.00. The Hall–Kier alpha value is -3.18. The number of hydrogen-bond donors (Lipinski definition) is 2. The second kappa shape index (κ2) is 18.1. The molecule has 206 valence electrons. The molecule has 1 aromatic heterocycles. The molecule has 0 atom stereocenters. The van der Waals surface area contributed by atoms with Crippen molar-refractivity contribution >= 4 is 58.9 Å². The second-order valence-corrected chi connectivity index (χ2v) is 8.64. The first-order valence-corrected chi connectivity index (χ1v) is 12.8. The highest BCUT2D eigenvalue weighted by molar-refractivity contribution is 7.10. The third-order valence-corrected chi connectivity index (χ3v) is 5.68. The van der Waals surface area contributed by atoms with E-state index in [1.165, 1.54) is 22.5 Å². The van der Waals surface area contributed by atoms with Gasteiger partial charge in [-0.3, -0.25) is 15.4 Å². The van der Waals surface area contributed by atoms with Gasteiger partial charge in [0.15, 0.2) is 0 Å². The van der Waals surface area contributed by atoms with E-state index >= 15 is 0 Å². The topological polar surface area (TPSA) is 122 Å². The van der Waals surface area contributed by atoms with Crippen LogP contribution in [0.1, 0.15) is 49.9 Å². The van der Waals surface area contributed by atoms with Gasteiger partial charge in [0.25, 0.3) is 0 Å². The van der Waals surface area contributed by atoms with Gasteiger partial charge in [-0.15, -0.1) is 22.9 Å². The molecule has 2 rings (SSSR count). The Kier molecular flexibility index (Phi) is 16.6. The van der Waals surface area contributed by atoms with Gasteiger partial charge in [-0.05, 0) is 57.4 Å². The summed E-state index contributed by atoms with van der Waals surface area (Å²) in [5, 5.41) is 7.30. The number of benzene rings is 1. The molecular weight excluding hydrogens is 518 g/mol. The third kappa shape index (κ3) is 13.1. The van der Waals surface area contributed by atoms with Crippen molar-refractivity contribution in [1.29, 1.82) is 0 Å². The summed E-state index contributed by atoms with van der Waals surface area (Å²) in [5.74, 6) is -0.263. The fourth-order valence-corrected chi connectivity index (χ4v) is 3.45. The summed E-state index contributed by atoms with van der Waals surface area (Å²) in [6, 6.07) is 4.27. The van der Waals surface area contributed by atoms with Crippen molar-refractivity contribution in [3.05, 3.63) is 39.2 Å². The zero-order valence-corrected chi connectivity index (χ0v) is 23.1. The molecule has 0 saturated carbocycles. The highest BCUT2D eigenvalue weighted by Crippen LogP contribution is 2.26. The van der Waals surface area contributed by atoms with Gasteiger partial charge in [0, 0.05) is 25.4 Å². The highest BCUT2D eigenvalue weighted by atomic mass is 35.5. The molecule has 1 heterocycles. The number of alkyl halides is 1. The number of imide groups is 1. The van der Waals surface area contributed by atoms with E-state index in [1.807, 2.05) is 29.0 Å². The number of amides is 3. The Morgan fingerprint density at radius 1 is 1.11 bits per heavy atom. The molecule has 0 fully saturated rings. The smallest absolute Gasteiger partial charge is 0.413 e. The Morgan fingerprint density at radius 2 is 1.76 bits per heavy atom. The standard InChI is InChI=1S/C19H26N4O2S.C5H8ClNO3.CH4/c1-6-23(5)12-20-16-9-13(3)15(8-14(16)4)10-18-21-17(11-26-18)22-19(24)25-7-2;1-2-10-5(9)7-4(8)3-6;/h8-9,11-12H,6-7,10H2,1-5H3,(H,22,24);2-3H2,1H3,(H,7,8,9);1H4. The van der Waals surface area contributed by atoms with Crippen LogP contribution in [0.4, 0.5) is 21.1 Å². The van der Waals surface area contributed by atoms with Crippen molar-refractivity contribution in [2.45, 2.75) is 48.5 Å². The molecule has 0 unspecified atom stereocenters. The quantitative estimate of drug-likeness (QED) is 0.232. The van der Waals surface area contributed by atoms with E-state index in [1.54, 1.807) is 13.8 Å². The number of rotatable bonds is 9. The number of carbonyl (C=O) groups is 3. The maximum Gasteiger partial charge on any atom is 0.413 e. The van der Waals surface area contributed by atoms with Crippen LogP contribution in [0.3, 0.4) is 0 Å². The van der Waals surface area contributed by atoms with E-state index in [2.05, 4.69) is 52.9 Å². The number of aromatic nitrogens is 1. The first-order valence-electron chi connectivity index (χ1n) is 11.4. The summed E-state index contributed by atoms with van der Waals surface area (Å²) in [4.78, 5) is 43.3. The van der Waals surface area contributed by atoms with E-state index in [-0.39, 0.29) is 19.9 Å². The van der Waals surface area contributed by atoms with E-state index in [9.17, 15) is 14.4 Å². The van der Waals surface area contributed by atoms with Gasteiger partial charge in [0.2, 0.25) is 5.91 Å². The number of anilines is 1. The van der Waals surface area contributed by atoms with Crippen molar-refractivity contribution in [2.24, 2.45) is 4.99 Å². The van der Waals surface area contributed by atoms with Crippen molar-refractivity contribution in [3.63, 3.8) is 0 Å². The van der Waals surface area contributed by atoms with Gasteiger partial charge in [0.1, 0.15) is 11.7 Å². The summed E-state index contributed by atoms with van der Waals surface area (Å²) in [6.07, 6.45) is 1.35. The predicted molar refractivity (Wildman–Crippen MR) is 151 cm³/mol. The minimum atomic E-state index is -0.756. The van der Waals surface area contributed by atoms with Gasteiger partial charge in [-0.1, -0.05) is 13.5 Å². The number of nitrogens with one attached hydrogen (secondary N) is 2. The van der Waals surface area contributed by atoms with Crippen LogP contribution in [0.15, 0.2) is 22.5 Å². The van der Waals surface area contributed by atoms with Crippen LogP contribution < -0.4 is 10.6 Å². The summed E-state index contributed by atoms with van der Waals surface area (Å²) in [5.41, 5.74) is 4.50. The molecule has 12 heteroatoms. The highest BCUT2D eigenvalue weighted by Gasteiger charge is 2.10. The van der Waals surface area contributed by atoms with Crippen LogP contribution in [0.25, 0.3) is 0 Å². The van der Waals surface area contributed by atoms with E-state index in [4.69, 9.17) is 16.3 Å². The van der Waals surface area contributed by atoms with Crippen LogP contribution >= 0.6 is 22.9 Å². The number of thiazole rings is 1. The van der Waals surface area contributed by atoms with Gasteiger partial charge in [-0.25, -0.2) is 19.6 Å². The minimum Gasteiger partial charge on any atom is -0.450 e. The van der Waals surface area contributed by atoms with Crippen molar-refractivity contribution in [2.75, 3.05) is 38.0 Å². The summed E-state index contributed by atoms with van der Waals surface area (Å²) in [6.45, 7) is 11.2. The number of hydrogen-bond acceptors (Lipinski definition) is 8. The molecule has 10 nitrogen and oxygen atoms in total. The van der Waals surface area contributed by atoms with E-state index < -0.39 is 18.1 Å². The SMILES string of the molecule is C.CCOC(=O)NC(=O)CCl.CCOC(=O)Nc1csc(Cc2cc(C)c(N=CN(C)CC)cc2C)n1. The molecule has 0 aliphatic rings. The first-order chi connectivity index (χ1) is 17.1. The predicted octanol–water partition coefficient (Wildman–Crippen LogP) is 5.66.